The van der Waals surface area contributed by atoms with Gasteiger partial charge in [0.15, 0.2) is 0 Å². The Morgan fingerprint density at radius 2 is 2.35 bits per heavy atom. The molecular weight excluding hydrogens is 220 g/mol. The Bertz CT molecular complexity index is 475. The number of rotatable bonds is 5. The third-order valence-electron chi connectivity index (χ3n) is 2.22. The molecule has 0 atom stereocenters. The molecule has 90 valence electrons. The van der Waals surface area contributed by atoms with Crippen LogP contribution in [0.4, 0.5) is 5.82 Å². The molecule has 2 heterocycles. The van der Waals surface area contributed by atoms with Gasteiger partial charge >= 0.3 is 0 Å². The van der Waals surface area contributed by atoms with Gasteiger partial charge in [-0.3, -0.25) is 9.48 Å². The lowest BCUT2D eigenvalue weighted by Gasteiger charge is -2.05. The highest BCUT2D eigenvalue weighted by atomic mass is 16.2. The minimum atomic E-state index is -0.0896. The van der Waals surface area contributed by atoms with Crippen LogP contribution in [0.5, 0.6) is 0 Å². The van der Waals surface area contributed by atoms with E-state index in [1.807, 2.05) is 10.8 Å². The molecule has 0 unspecified atom stereocenters. The molecule has 2 rings (SSSR count). The predicted molar refractivity (Wildman–Crippen MR) is 61.9 cm³/mol. The van der Waals surface area contributed by atoms with E-state index in [9.17, 15) is 4.79 Å². The van der Waals surface area contributed by atoms with Gasteiger partial charge in [-0.05, 0) is 6.07 Å². The Hall–Kier alpha value is -2.31. The number of aromatic nitrogens is 4. The molecule has 0 aliphatic rings. The van der Waals surface area contributed by atoms with Crippen LogP contribution >= 0.6 is 0 Å². The summed E-state index contributed by atoms with van der Waals surface area (Å²) in [6, 6.07) is 1.65. The van der Waals surface area contributed by atoms with Crippen LogP contribution in [-0.2, 0) is 17.9 Å². The summed E-state index contributed by atoms with van der Waals surface area (Å²) in [5.41, 5.74) is 5.44. The summed E-state index contributed by atoms with van der Waals surface area (Å²) in [6.45, 7) is 1.44. The van der Waals surface area contributed by atoms with Gasteiger partial charge in [0.25, 0.3) is 0 Å². The molecule has 0 aliphatic heterocycles. The van der Waals surface area contributed by atoms with Crippen LogP contribution in [0.1, 0.15) is 0 Å². The maximum absolute atomic E-state index is 11.5. The number of carbonyl (C=O) groups excluding carboxylic acids is 1. The predicted octanol–water partition coefficient (Wildman–Crippen LogP) is -0.522. The van der Waals surface area contributed by atoms with E-state index in [0.29, 0.717) is 18.9 Å². The second kappa shape index (κ2) is 5.15. The van der Waals surface area contributed by atoms with Crippen LogP contribution in [0.15, 0.2) is 31.0 Å². The minimum absolute atomic E-state index is 0.0896. The third kappa shape index (κ3) is 3.33. The number of hydrogen-bond donors (Lipinski definition) is 2. The van der Waals surface area contributed by atoms with Crippen molar-refractivity contribution in [1.82, 2.24) is 24.6 Å². The van der Waals surface area contributed by atoms with Crippen molar-refractivity contribution in [3.8, 4) is 0 Å². The van der Waals surface area contributed by atoms with E-state index in [1.54, 1.807) is 24.8 Å². The number of carbonyl (C=O) groups is 1. The van der Waals surface area contributed by atoms with Gasteiger partial charge in [-0.25, -0.2) is 4.98 Å². The van der Waals surface area contributed by atoms with Crippen molar-refractivity contribution in [3.63, 3.8) is 0 Å². The van der Waals surface area contributed by atoms with E-state index < -0.39 is 0 Å². The van der Waals surface area contributed by atoms with Gasteiger partial charge in [0, 0.05) is 31.7 Å². The number of imidazole rings is 1. The van der Waals surface area contributed by atoms with Gasteiger partial charge in [-0.15, -0.1) is 0 Å². The Morgan fingerprint density at radius 1 is 1.47 bits per heavy atom. The highest BCUT2D eigenvalue weighted by molar-refractivity contribution is 5.75. The van der Waals surface area contributed by atoms with Crippen molar-refractivity contribution in [1.29, 1.82) is 0 Å². The number of anilines is 1. The van der Waals surface area contributed by atoms with Crippen molar-refractivity contribution in [2.45, 2.75) is 13.1 Å². The fourth-order valence-corrected chi connectivity index (χ4v) is 1.41. The van der Waals surface area contributed by atoms with Gasteiger partial charge < -0.3 is 15.6 Å². The highest BCUT2D eigenvalue weighted by Crippen LogP contribution is 1.94. The average Bonchev–Trinajstić information content (AvgIpc) is 2.90. The van der Waals surface area contributed by atoms with Crippen LogP contribution in [0.3, 0.4) is 0 Å². The molecule has 0 aromatic carbocycles. The summed E-state index contributed by atoms with van der Waals surface area (Å²) in [4.78, 5) is 15.4. The Balaban J connectivity index is 1.71. The first-order valence-electron chi connectivity index (χ1n) is 5.25. The van der Waals surface area contributed by atoms with Crippen LogP contribution < -0.4 is 11.1 Å². The molecule has 0 bridgehead atoms. The van der Waals surface area contributed by atoms with Gasteiger partial charge in [0.2, 0.25) is 5.91 Å². The molecule has 1 amide bonds. The smallest absolute Gasteiger partial charge is 0.241 e. The summed E-state index contributed by atoms with van der Waals surface area (Å²) < 4.78 is 3.40. The molecule has 7 nitrogen and oxygen atoms in total. The van der Waals surface area contributed by atoms with E-state index in [-0.39, 0.29) is 12.5 Å². The number of hydrogen-bond acceptors (Lipinski definition) is 4. The molecule has 0 saturated carbocycles. The summed E-state index contributed by atoms with van der Waals surface area (Å²) in [7, 11) is 0. The fourth-order valence-electron chi connectivity index (χ4n) is 1.41. The van der Waals surface area contributed by atoms with Crippen LogP contribution in [-0.4, -0.2) is 31.8 Å². The largest absolute Gasteiger partial charge is 0.382 e. The Labute approximate surface area is 98.2 Å². The fraction of sp³-hybridized carbons (Fsp3) is 0.300. The van der Waals surface area contributed by atoms with E-state index in [0.717, 1.165) is 0 Å². The summed E-state index contributed by atoms with van der Waals surface area (Å²) in [6.07, 6.45) is 6.93. The van der Waals surface area contributed by atoms with Crippen molar-refractivity contribution in [3.05, 3.63) is 31.0 Å². The maximum Gasteiger partial charge on any atom is 0.241 e. The summed E-state index contributed by atoms with van der Waals surface area (Å²) in [5, 5.41) is 6.72. The third-order valence-corrected chi connectivity index (χ3v) is 2.22. The quantitative estimate of drug-likeness (QED) is 0.728. The number of nitrogens with two attached hydrogens (primary N) is 1. The SMILES string of the molecule is Nc1ccn(CC(=O)NCCn2ccnc2)n1. The lowest BCUT2D eigenvalue weighted by atomic mass is 10.5. The van der Waals surface area contributed by atoms with Gasteiger partial charge in [-0.2, -0.15) is 5.10 Å². The average molecular weight is 234 g/mol. The molecule has 0 aliphatic carbocycles. The summed E-state index contributed by atoms with van der Waals surface area (Å²) in [5.74, 6) is 0.324. The Morgan fingerprint density at radius 3 is 3.00 bits per heavy atom. The monoisotopic (exact) mass is 234 g/mol. The molecule has 2 aromatic rings. The molecule has 0 spiro atoms. The van der Waals surface area contributed by atoms with Gasteiger partial charge in [0.05, 0.1) is 6.33 Å². The Kier molecular flexibility index (Phi) is 3.39. The van der Waals surface area contributed by atoms with Crippen LogP contribution in [0.25, 0.3) is 0 Å². The molecular formula is C10H14N6O. The second-order valence-corrected chi connectivity index (χ2v) is 3.59. The number of nitrogens with one attached hydrogen (secondary N) is 1. The second-order valence-electron chi connectivity index (χ2n) is 3.59. The minimum Gasteiger partial charge on any atom is -0.382 e. The van der Waals surface area contributed by atoms with Crippen molar-refractivity contribution < 1.29 is 4.79 Å². The molecule has 2 aromatic heterocycles. The molecule has 0 saturated heterocycles. The summed E-state index contributed by atoms with van der Waals surface area (Å²) >= 11 is 0. The number of amides is 1. The van der Waals surface area contributed by atoms with E-state index in [2.05, 4.69) is 15.4 Å². The molecule has 7 heteroatoms. The first kappa shape index (κ1) is 11.2. The van der Waals surface area contributed by atoms with Crippen molar-refractivity contribution >= 4 is 11.7 Å². The first-order valence-corrected chi connectivity index (χ1v) is 5.25. The van der Waals surface area contributed by atoms with Crippen molar-refractivity contribution in [2.75, 3.05) is 12.3 Å². The lowest BCUT2D eigenvalue weighted by molar-refractivity contribution is -0.121. The standard InChI is InChI=1S/C10H14N6O/c11-9-1-4-16(14-9)7-10(17)13-3-6-15-5-2-12-8-15/h1-2,4-5,8H,3,6-7H2,(H2,11,14)(H,13,17). The van der Waals surface area contributed by atoms with Crippen LogP contribution in [0, 0.1) is 0 Å². The molecule has 3 N–H and O–H groups in total. The van der Waals surface area contributed by atoms with Gasteiger partial charge in [-0.1, -0.05) is 0 Å². The lowest BCUT2D eigenvalue weighted by Crippen LogP contribution is -2.30. The molecule has 17 heavy (non-hydrogen) atoms. The topological polar surface area (TPSA) is 90.8 Å². The van der Waals surface area contributed by atoms with Crippen molar-refractivity contribution in [2.24, 2.45) is 0 Å². The van der Waals surface area contributed by atoms with E-state index >= 15 is 0 Å². The van der Waals surface area contributed by atoms with Crippen LogP contribution in [0.2, 0.25) is 0 Å². The van der Waals surface area contributed by atoms with E-state index in [1.165, 1.54) is 4.68 Å². The van der Waals surface area contributed by atoms with E-state index in [4.69, 9.17) is 5.73 Å². The zero-order valence-corrected chi connectivity index (χ0v) is 9.28. The zero-order chi connectivity index (χ0) is 12.1. The normalized spacial score (nSPS) is 10.4. The zero-order valence-electron chi connectivity index (χ0n) is 9.28. The maximum atomic E-state index is 11.5. The number of nitrogen functional groups attached to an aromatic ring is 1. The van der Waals surface area contributed by atoms with Gasteiger partial charge in [0.1, 0.15) is 12.4 Å². The highest BCUT2D eigenvalue weighted by Gasteiger charge is 2.02. The first-order chi connectivity index (χ1) is 8.24. The number of nitrogens with zero attached hydrogens (tertiary/aromatic N) is 4. The molecule has 0 fully saturated rings. The molecule has 0 radical (unpaired) electrons.